The molecule has 0 bridgehead atoms. The third kappa shape index (κ3) is 8.86. The summed E-state index contributed by atoms with van der Waals surface area (Å²) < 4.78 is 1.49. The highest BCUT2D eigenvalue weighted by Gasteiger charge is 2.30. The Morgan fingerprint density at radius 2 is 0.905 bits per heavy atom. The molecule has 0 spiro atoms. The van der Waals surface area contributed by atoms with Gasteiger partial charge < -0.3 is 4.48 Å². The van der Waals surface area contributed by atoms with E-state index in [1.807, 2.05) is 0 Å². The monoisotopic (exact) mass is 296 g/mol. The van der Waals surface area contributed by atoms with Crippen molar-refractivity contribution in [3.8, 4) is 0 Å². The van der Waals surface area contributed by atoms with Gasteiger partial charge in [0.15, 0.2) is 0 Å². The smallest absolute Gasteiger partial charge is 0.0788 e. The molecular weight excluding hydrogens is 254 g/mol. The Hall–Kier alpha value is -0.0400. The van der Waals surface area contributed by atoms with Crippen LogP contribution in [0.2, 0.25) is 0 Å². The lowest BCUT2D eigenvalue weighted by atomic mass is 10.1. The molecule has 1 heteroatoms. The van der Waals surface area contributed by atoms with Gasteiger partial charge in [-0.05, 0) is 25.7 Å². The van der Waals surface area contributed by atoms with Gasteiger partial charge in [-0.15, -0.1) is 0 Å². The predicted molar refractivity (Wildman–Crippen MR) is 95.7 cm³/mol. The summed E-state index contributed by atoms with van der Waals surface area (Å²) in [7, 11) is 0. The Kier molecular flexibility index (Phi) is 11.3. The van der Waals surface area contributed by atoms with E-state index in [2.05, 4.69) is 13.8 Å². The van der Waals surface area contributed by atoms with Crippen LogP contribution in [0.25, 0.3) is 0 Å². The van der Waals surface area contributed by atoms with Crippen molar-refractivity contribution in [1.82, 2.24) is 0 Å². The first-order chi connectivity index (χ1) is 10.3. The predicted octanol–water partition coefficient (Wildman–Crippen LogP) is 6.32. The van der Waals surface area contributed by atoms with Gasteiger partial charge in [-0.3, -0.25) is 0 Å². The Morgan fingerprint density at radius 1 is 0.524 bits per heavy atom. The Bertz CT molecular complexity index is 218. The van der Waals surface area contributed by atoms with Crippen molar-refractivity contribution in [2.75, 3.05) is 26.2 Å². The summed E-state index contributed by atoms with van der Waals surface area (Å²) in [6.45, 7) is 10.6. The SMILES string of the molecule is CCCCCCCCCC[N+]1(CCCCCC)CCCC1. The van der Waals surface area contributed by atoms with Crippen molar-refractivity contribution >= 4 is 0 Å². The van der Waals surface area contributed by atoms with E-state index in [0.717, 1.165) is 0 Å². The molecule has 0 aromatic rings. The number of unbranched alkanes of at least 4 members (excludes halogenated alkanes) is 10. The van der Waals surface area contributed by atoms with E-state index in [1.165, 1.54) is 121 Å². The van der Waals surface area contributed by atoms with Gasteiger partial charge in [-0.25, -0.2) is 0 Å². The molecular formula is C20H42N+. The Morgan fingerprint density at radius 3 is 1.38 bits per heavy atom. The average Bonchev–Trinajstić information content (AvgIpc) is 2.96. The van der Waals surface area contributed by atoms with Crippen LogP contribution in [0.1, 0.15) is 104 Å². The summed E-state index contributed by atoms with van der Waals surface area (Å²) in [6, 6.07) is 0. The molecule has 0 atom stereocenters. The summed E-state index contributed by atoms with van der Waals surface area (Å²) >= 11 is 0. The first-order valence-corrected chi connectivity index (χ1v) is 10.2. The molecule has 1 fully saturated rings. The molecule has 0 amide bonds. The van der Waals surface area contributed by atoms with Crippen molar-refractivity contribution < 1.29 is 4.48 Å². The van der Waals surface area contributed by atoms with Crippen LogP contribution in [0, 0.1) is 0 Å². The van der Waals surface area contributed by atoms with Crippen molar-refractivity contribution in [3.05, 3.63) is 0 Å². The molecule has 0 unspecified atom stereocenters. The van der Waals surface area contributed by atoms with E-state index in [4.69, 9.17) is 0 Å². The second-order valence-corrected chi connectivity index (χ2v) is 7.48. The zero-order valence-electron chi connectivity index (χ0n) is 15.2. The number of quaternary nitrogens is 1. The fourth-order valence-electron chi connectivity index (χ4n) is 4.02. The van der Waals surface area contributed by atoms with E-state index < -0.39 is 0 Å². The summed E-state index contributed by atoms with van der Waals surface area (Å²) in [4.78, 5) is 0. The normalized spacial score (nSPS) is 17.4. The quantitative estimate of drug-likeness (QED) is 0.260. The first kappa shape index (κ1) is 19.0. The van der Waals surface area contributed by atoms with Crippen LogP contribution < -0.4 is 0 Å². The standard InChI is InChI=1S/C20H42N/c1-3-5-7-9-10-11-12-14-18-21(19-15-16-20-21)17-13-8-6-4-2/h3-20H2,1-2H3/q+1. The lowest BCUT2D eigenvalue weighted by Crippen LogP contribution is -2.46. The number of hydrogen-bond acceptors (Lipinski definition) is 0. The van der Waals surface area contributed by atoms with E-state index in [1.54, 1.807) is 0 Å². The number of likely N-dealkylation sites (tertiary alicyclic amines) is 1. The van der Waals surface area contributed by atoms with Crippen molar-refractivity contribution in [3.63, 3.8) is 0 Å². The first-order valence-electron chi connectivity index (χ1n) is 10.2. The molecule has 126 valence electrons. The lowest BCUT2D eigenvalue weighted by molar-refractivity contribution is -0.917. The average molecular weight is 297 g/mol. The molecule has 0 saturated carbocycles. The molecule has 1 heterocycles. The van der Waals surface area contributed by atoms with E-state index in [0.29, 0.717) is 0 Å². The molecule has 0 N–H and O–H groups in total. The third-order valence-corrected chi connectivity index (χ3v) is 5.49. The van der Waals surface area contributed by atoms with E-state index in [-0.39, 0.29) is 0 Å². The van der Waals surface area contributed by atoms with Gasteiger partial charge in [-0.2, -0.15) is 0 Å². The highest BCUT2D eigenvalue weighted by atomic mass is 15.4. The van der Waals surface area contributed by atoms with E-state index >= 15 is 0 Å². The summed E-state index contributed by atoms with van der Waals surface area (Å²) in [5, 5.41) is 0. The van der Waals surface area contributed by atoms with Crippen LogP contribution in [0.3, 0.4) is 0 Å². The zero-order valence-corrected chi connectivity index (χ0v) is 15.2. The largest absolute Gasteiger partial charge is 0.324 e. The van der Waals surface area contributed by atoms with Crippen LogP contribution in [0.5, 0.6) is 0 Å². The third-order valence-electron chi connectivity index (χ3n) is 5.49. The second-order valence-electron chi connectivity index (χ2n) is 7.48. The van der Waals surface area contributed by atoms with Crippen LogP contribution >= 0.6 is 0 Å². The number of hydrogen-bond donors (Lipinski definition) is 0. The second kappa shape index (κ2) is 12.5. The lowest BCUT2D eigenvalue weighted by Gasteiger charge is -2.34. The minimum absolute atomic E-state index is 1.37. The minimum Gasteiger partial charge on any atom is -0.324 e. The van der Waals surface area contributed by atoms with Crippen LogP contribution in [-0.2, 0) is 0 Å². The molecule has 0 aromatic heterocycles. The highest BCUT2D eigenvalue weighted by Crippen LogP contribution is 2.22. The van der Waals surface area contributed by atoms with Gasteiger partial charge in [0.25, 0.3) is 0 Å². The summed E-state index contributed by atoms with van der Waals surface area (Å²) in [5.74, 6) is 0. The molecule has 0 aromatic carbocycles. The van der Waals surface area contributed by atoms with Crippen LogP contribution in [0.4, 0.5) is 0 Å². The molecule has 0 aliphatic carbocycles. The van der Waals surface area contributed by atoms with Gasteiger partial charge in [0.1, 0.15) is 0 Å². The minimum atomic E-state index is 1.37. The van der Waals surface area contributed by atoms with Gasteiger partial charge in [0.2, 0.25) is 0 Å². The molecule has 1 saturated heterocycles. The number of rotatable bonds is 14. The fraction of sp³-hybridized carbons (Fsp3) is 1.00. The molecule has 21 heavy (non-hydrogen) atoms. The molecule has 0 radical (unpaired) electrons. The number of nitrogens with zero attached hydrogens (tertiary/aromatic N) is 1. The van der Waals surface area contributed by atoms with E-state index in [9.17, 15) is 0 Å². The van der Waals surface area contributed by atoms with Crippen LogP contribution in [-0.4, -0.2) is 30.7 Å². The summed E-state index contributed by atoms with van der Waals surface area (Å²) in [5.41, 5.74) is 0. The maximum atomic E-state index is 2.32. The fourth-order valence-corrected chi connectivity index (χ4v) is 4.02. The van der Waals surface area contributed by atoms with Crippen LogP contribution in [0.15, 0.2) is 0 Å². The van der Waals surface area contributed by atoms with Crippen molar-refractivity contribution in [1.29, 1.82) is 0 Å². The van der Waals surface area contributed by atoms with Crippen molar-refractivity contribution in [2.45, 2.75) is 104 Å². The van der Waals surface area contributed by atoms with Gasteiger partial charge in [-0.1, -0.05) is 65.2 Å². The van der Waals surface area contributed by atoms with Gasteiger partial charge in [0, 0.05) is 12.8 Å². The maximum absolute atomic E-state index is 2.32. The molecule has 1 aliphatic heterocycles. The van der Waals surface area contributed by atoms with Gasteiger partial charge >= 0.3 is 0 Å². The zero-order chi connectivity index (χ0) is 15.2. The highest BCUT2D eigenvalue weighted by molar-refractivity contribution is 4.57. The molecule has 1 aliphatic rings. The van der Waals surface area contributed by atoms with Gasteiger partial charge in [0.05, 0.1) is 26.2 Å². The Balaban J connectivity index is 2.05. The summed E-state index contributed by atoms with van der Waals surface area (Å²) in [6.07, 6.45) is 20.4. The Labute approximate surface area is 135 Å². The van der Waals surface area contributed by atoms with Crippen molar-refractivity contribution in [2.24, 2.45) is 0 Å². The molecule has 1 nitrogen and oxygen atoms in total. The topological polar surface area (TPSA) is 0 Å². The maximum Gasteiger partial charge on any atom is 0.0788 e. The molecule has 1 rings (SSSR count).